The Labute approximate surface area is 156 Å². The van der Waals surface area contributed by atoms with Crippen LogP contribution in [0.15, 0.2) is 30.3 Å². The van der Waals surface area contributed by atoms with E-state index in [-0.39, 0.29) is 6.03 Å². The second-order valence-electron chi connectivity index (χ2n) is 8.29. The van der Waals surface area contributed by atoms with Crippen molar-refractivity contribution in [2.24, 2.45) is 0 Å². The lowest BCUT2D eigenvalue weighted by Crippen LogP contribution is -2.59. The Balaban J connectivity index is 1.28. The third-order valence-electron chi connectivity index (χ3n) is 6.42. The molecule has 2 saturated heterocycles. The molecule has 0 aromatic heterocycles. The number of nitrogens with zero attached hydrogens (tertiary/aromatic N) is 2. The molecule has 4 rings (SSSR count). The molecule has 2 aliphatic heterocycles. The molecule has 5 nitrogen and oxygen atoms in total. The first-order valence-corrected chi connectivity index (χ1v) is 10.2. The van der Waals surface area contributed by atoms with Crippen LogP contribution < -0.4 is 5.32 Å². The van der Waals surface area contributed by atoms with Crippen molar-refractivity contribution in [3.63, 3.8) is 0 Å². The molecule has 1 atom stereocenters. The summed E-state index contributed by atoms with van der Waals surface area (Å²) in [6.07, 6.45) is 7.69. The van der Waals surface area contributed by atoms with Gasteiger partial charge >= 0.3 is 6.03 Å². The molecule has 0 spiro atoms. The van der Waals surface area contributed by atoms with Gasteiger partial charge in [-0.25, -0.2) is 4.79 Å². The number of rotatable bonds is 3. The zero-order valence-electron chi connectivity index (χ0n) is 15.6. The van der Waals surface area contributed by atoms with Crippen LogP contribution >= 0.6 is 0 Å². The maximum Gasteiger partial charge on any atom is 0.317 e. The third-order valence-corrected chi connectivity index (χ3v) is 6.42. The van der Waals surface area contributed by atoms with E-state index in [2.05, 4.69) is 10.2 Å². The largest absolute Gasteiger partial charge is 0.383 e. The summed E-state index contributed by atoms with van der Waals surface area (Å²) in [5, 5.41) is 14.2. The highest BCUT2D eigenvalue weighted by molar-refractivity contribution is 5.75. The van der Waals surface area contributed by atoms with Gasteiger partial charge in [0, 0.05) is 18.6 Å². The third kappa shape index (κ3) is 3.74. The highest BCUT2D eigenvalue weighted by Gasteiger charge is 2.39. The maximum atomic E-state index is 12.7. The van der Waals surface area contributed by atoms with Gasteiger partial charge in [-0.2, -0.15) is 0 Å². The van der Waals surface area contributed by atoms with Gasteiger partial charge in [-0.05, 0) is 57.2 Å². The van der Waals surface area contributed by atoms with Crippen molar-refractivity contribution >= 4 is 6.03 Å². The average molecular weight is 357 g/mol. The number of carbonyl (C=O) groups is 1. The Morgan fingerprint density at radius 2 is 1.77 bits per heavy atom. The highest BCUT2D eigenvalue weighted by Crippen LogP contribution is 2.32. The minimum absolute atomic E-state index is 0.0128. The van der Waals surface area contributed by atoms with Crippen LogP contribution in [0.1, 0.15) is 50.5 Å². The van der Waals surface area contributed by atoms with Gasteiger partial charge in [-0.1, -0.05) is 36.8 Å². The highest BCUT2D eigenvalue weighted by atomic mass is 16.3. The van der Waals surface area contributed by atoms with E-state index in [1.165, 1.54) is 32.4 Å². The summed E-state index contributed by atoms with van der Waals surface area (Å²) in [6.45, 7) is 3.55. The van der Waals surface area contributed by atoms with Gasteiger partial charge in [0.05, 0.1) is 6.54 Å². The number of aliphatic hydroxyl groups is 1. The van der Waals surface area contributed by atoms with E-state index < -0.39 is 5.60 Å². The summed E-state index contributed by atoms with van der Waals surface area (Å²) < 4.78 is 0. The Kier molecular flexibility index (Phi) is 5.18. The van der Waals surface area contributed by atoms with E-state index in [4.69, 9.17) is 0 Å². The summed E-state index contributed by atoms with van der Waals surface area (Å²) in [5.74, 6) is 0. The molecular formula is C21H31N3O2. The van der Waals surface area contributed by atoms with E-state index in [0.29, 0.717) is 25.0 Å². The number of urea groups is 1. The Morgan fingerprint density at radius 1 is 1.04 bits per heavy atom. The fourth-order valence-corrected chi connectivity index (χ4v) is 4.75. The number of amides is 2. The van der Waals surface area contributed by atoms with Gasteiger partial charge < -0.3 is 20.2 Å². The quantitative estimate of drug-likeness (QED) is 0.874. The van der Waals surface area contributed by atoms with Crippen molar-refractivity contribution in [1.82, 2.24) is 15.1 Å². The molecule has 1 saturated carbocycles. The summed E-state index contributed by atoms with van der Waals surface area (Å²) in [7, 11) is 0. The predicted molar refractivity (Wildman–Crippen MR) is 102 cm³/mol. The van der Waals surface area contributed by atoms with Crippen LogP contribution in [0.3, 0.4) is 0 Å². The average Bonchev–Trinajstić information content (AvgIpc) is 2.65. The van der Waals surface area contributed by atoms with Gasteiger partial charge in [-0.15, -0.1) is 0 Å². The first kappa shape index (κ1) is 17.8. The SMILES string of the molecule is O=C(NC1CC(N2CCCCC2)C1)N1CCCC(O)(c2ccccc2)C1. The lowest BCUT2D eigenvalue weighted by molar-refractivity contribution is -0.0242. The number of piperidine rings is 2. The number of benzene rings is 1. The van der Waals surface area contributed by atoms with Gasteiger partial charge in [0.15, 0.2) is 0 Å². The zero-order chi connectivity index (χ0) is 18.0. The fraction of sp³-hybridized carbons (Fsp3) is 0.667. The maximum absolute atomic E-state index is 12.7. The molecule has 2 N–H and O–H groups in total. The Hall–Kier alpha value is -1.59. The first-order chi connectivity index (χ1) is 12.6. The number of likely N-dealkylation sites (tertiary alicyclic amines) is 2. The Bertz CT molecular complexity index is 611. The number of hydrogen-bond donors (Lipinski definition) is 2. The first-order valence-electron chi connectivity index (χ1n) is 10.2. The molecule has 5 heteroatoms. The van der Waals surface area contributed by atoms with Crippen molar-refractivity contribution < 1.29 is 9.90 Å². The molecule has 1 aromatic rings. The van der Waals surface area contributed by atoms with Crippen molar-refractivity contribution in [3.05, 3.63) is 35.9 Å². The zero-order valence-corrected chi connectivity index (χ0v) is 15.6. The van der Waals surface area contributed by atoms with Crippen molar-refractivity contribution in [3.8, 4) is 0 Å². The monoisotopic (exact) mass is 357 g/mol. The van der Waals surface area contributed by atoms with Crippen molar-refractivity contribution in [2.75, 3.05) is 26.2 Å². The van der Waals surface area contributed by atoms with Gasteiger partial charge in [-0.3, -0.25) is 0 Å². The number of carbonyl (C=O) groups excluding carboxylic acids is 1. The van der Waals surface area contributed by atoms with E-state index in [9.17, 15) is 9.90 Å². The normalized spacial score (nSPS) is 32.7. The molecule has 2 amide bonds. The van der Waals surface area contributed by atoms with E-state index in [0.717, 1.165) is 31.4 Å². The number of nitrogens with one attached hydrogen (secondary N) is 1. The standard InChI is InChI=1S/C21H31N3O2/c25-20(22-18-14-19(15-18)23-11-5-2-6-12-23)24-13-7-10-21(26,16-24)17-8-3-1-4-9-17/h1,3-4,8-9,18-19,26H,2,5-7,10-16H2,(H,22,25). The molecule has 3 aliphatic rings. The van der Waals surface area contributed by atoms with Crippen molar-refractivity contribution in [1.29, 1.82) is 0 Å². The van der Waals surface area contributed by atoms with Crippen LogP contribution in [-0.4, -0.2) is 59.2 Å². The van der Waals surface area contributed by atoms with E-state index in [1.54, 1.807) is 4.90 Å². The molecule has 2 heterocycles. The topological polar surface area (TPSA) is 55.8 Å². The minimum Gasteiger partial charge on any atom is -0.383 e. The molecule has 1 unspecified atom stereocenters. The predicted octanol–water partition coefficient (Wildman–Crippen LogP) is 2.70. The smallest absolute Gasteiger partial charge is 0.317 e. The molecule has 1 aliphatic carbocycles. The van der Waals surface area contributed by atoms with Crippen LogP contribution in [0, 0.1) is 0 Å². The van der Waals surface area contributed by atoms with Gasteiger partial charge in [0.25, 0.3) is 0 Å². The molecule has 142 valence electrons. The van der Waals surface area contributed by atoms with Gasteiger partial charge in [0.2, 0.25) is 0 Å². The second-order valence-corrected chi connectivity index (χ2v) is 8.29. The molecule has 3 fully saturated rings. The summed E-state index contributed by atoms with van der Waals surface area (Å²) in [4.78, 5) is 17.1. The van der Waals surface area contributed by atoms with E-state index >= 15 is 0 Å². The summed E-state index contributed by atoms with van der Waals surface area (Å²) >= 11 is 0. The van der Waals surface area contributed by atoms with Crippen molar-refractivity contribution in [2.45, 2.75) is 62.6 Å². The Morgan fingerprint density at radius 3 is 2.50 bits per heavy atom. The van der Waals surface area contributed by atoms with Crippen LogP contribution in [0.5, 0.6) is 0 Å². The fourth-order valence-electron chi connectivity index (χ4n) is 4.75. The molecule has 1 aromatic carbocycles. The van der Waals surface area contributed by atoms with Gasteiger partial charge in [0.1, 0.15) is 5.60 Å². The number of hydrogen-bond acceptors (Lipinski definition) is 3. The molecule has 26 heavy (non-hydrogen) atoms. The molecular weight excluding hydrogens is 326 g/mol. The van der Waals surface area contributed by atoms with Crippen LogP contribution in [0.25, 0.3) is 0 Å². The van der Waals surface area contributed by atoms with E-state index in [1.807, 2.05) is 30.3 Å². The molecule has 0 bridgehead atoms. The van der Waals surface area contributed by atoms with Crippen LogP contribution in [0.2, 0.25) is 0 Å². The molecule has 0 radical (unpaired) electrons. The number of β-amino-alcohol motifs (C(OH)–C–C–N with tert-alkyl or cyclic N) is 1. The summed E-state index contributed by atoms with van der Waals surface area (Å²) in [5.41, 5.74) is -0.0152. The van der Waals surface area contributed by atoms with Crippen LogP contribution in [-0.2, 0) is 5.60 Å². The van der Waals surface area contributed by atoms with Crippen LogP contribution in [0.4, 0.5) is 4.79 Å². The second kappa shape index (κ2) is 7.57. The minimum atomic E-state index is -0.924. The lowest BCUT2D eigenvalue weighted by atomic mass is 9.84. The lowest BCUT2D eigenvalue weighted by Gasteiger charge is -2.46. The summed E-state index contributed by atoms with van der Waals surface area (Å²) in [6, 6.07) is 10.7.